The minimum Gasteiger partial charge on any atom is -0.314 e. The molecule has 60 valence electrons. The fourth-order valence-corrected chi connectivity index (χ4v) is 2.28. The Hall–Kier alpha value is 0.310. The van der Waals surface area contributed by atoms with Crippen molar-refractivity contribution in [1.82, 2.24) is 5.32 Å². The Balaban J connectivity index is 0.000000500. The van der Waals surface area contributed by atoms with Crippen LogP contribution in [0.2, 0.25) is 0 Å². The highest BCUT2D eigenvalue weighted by atomic mass is 32.1. The van der Waals surface area contributed by atoms with Gasteiger partial charge in [0.25, 0.3) is 0 Å². The predicted octanol–water partition coefficient (Wildman–Crippen LogP) is 1.65. The van der Waals surface area contributed by atoms with E-state index in [2.05, 4.69) is 5.32 Å². The van der Waals surface area contributed by atoms with E-state index in [4.69, 9.17) is 0 Å². The average molecular weight is 159 g/mol. The van der Waals surface area contributed by atoms with Crippen LogP contribution in [0.1, 0.15) is 32.1 Å². The van der Waals surface area contributed by atoms with E-state index in [1.54, 1.807) is 0 Å². The first-order chi connectivity index (χ1) is 4.47. The largest absolute Gasteiger partial charge is 0.314 e. The molecule has 1 saturated heterocycles. The average Bonchev–Trinajstić information content (AvgIpc) is 2.33. The third-order valence-corrected chi connectivity index (χ3v) is 2.83. The number of fused-ring (bicyclic) bond motifs is 1. The van der Waals surface area contributed by atoms with Crippen molar-refractivity contribution in [2.45, 2.75) is 38.1 Å². The Morgan fingerprint density at radius 3 is 2.60 bits per heavy atom. The zero-order valence-electron chi connectivity index (χ0n) is 6.40. The molecule has 1 nitrogen and oxygen atoms in total. The van der Waals surface area contributed by atoms with Crippen LogP contribution in [-0.4, -0.2) is 12.6 Å². The van der Waals surface area contributed by atoms with E-state index in [9.17, 15) is 0 Å². The molecule has 1 heterocycles. The van der Waals surface area contributed by atoms with E-state index in [-0.39, 0.29) is 13.5 Å². The fourth-order valence-electron chi connectivity index (χ4n) is 2.28. The molecule has 2 rings (SSSR count). The first kappa shape index (κ1) is 8.41. The third-order valence-electron chi connectivity index (χ3n) is 2.83. The molecule has 0 aromatic carbocycles. The van der Waals surface area contributed by atoms with Crippen LogP contribution in [0.25, 0.3) is 0 Å². The molecule has 2 heteroatoms. The van der Waals surface area contributed by atoms with Crippen LogP contribution in [0, 0.1) is 5.92 Å². The first-order valence-electron chi connectivity index (χ1n) is 4.20. The molecule has 2 atom stereocenters. The molecule has 0 unspecified atom stereocenters. The first-order valence-corrected chi connectivity index (χ1v) is 4.20. The standard InChI is InChI=1S/C8H15N.H2S/c1-2-4-8-7(3-1)5-6-9-8;/h7-9H,1-6H2;1H2/t7-,8-;/m0./s1. The lowest BCUT2D eigenvalue weighted by Gasteiger charge is -2.24. The van der Waals surface area contributed by atoms with Crippen molar-refractivity contribution >= 4 is 13.5 Å². The van der Waals surface area contributed by atoms with Crippen molar-refractivity contribution in [1.29, 1.82) is 0 Å². The molecule has 0 aromatic rings. The summed E-state index contributed by atoms with van der Waals surface area (Å²) in [5.41, 5.74) is 0. The minimum atomic E-state index is 0. The van der Waals surface area contributed by atoms with E-state index in [0.717, 1.165) is 12.0 Å². The van der Waals surface area contributed by atoms with Gasteiger partial charge in [0, 0.05) is 6.04 Å². The molecule has 0 amide bonds. The zero-order valence-corrected chi connectivity index (χ0v) is 7.40. The summed E-state index contributed by atoms with van der Waals surface area (Å²) < 4.78 is 0. The monoisotopic (exact) mass is 159 g/mol. The summed E-state index contributed by atoms with van der Waals surface area (Å²) >= 11 is 0. The van der Waals surface area contributed by atoms with Crippen molar-refractivity contribution < 1.29 is 0 Å². The van der Waals surface area contributed by atoms with Crippen molar-refractivity contribution in [2.75, 3.05) is 6.54 Å². The smallest absolute Gasteiger partial charge is 0.00958 e. The second kappa shape index (κ2) is 3.63. The van der Waals surface area contributed by atoms with Crippen LogP contribution < -0.4 is 5.32 Å². The van der Waals surface area contributed by atoms with E-state index in [1.807, 2.05) is 0 Å². The normalized spacial score (nSPS) is 38.4. The molecule has 0 spiro atoms. The van der Waals surface area contributed by atoms with Crippen LogP contribution in [0.15, 0.2) is 0 Å². The number of hydrogen-bond acceptors (Lipinski definition) is 1. The van der Waals surface area contributed by atoms with Gasteiger partial charge >= 0.3 is 0 Å². The van der Waals surface area contributed by atoms with Gasteiger partial charge in [-0.2, -0.15) is 13.5 Å². The molecule has 2 aliphatic rings. The summed E-state index contributed by atoms with van der Waals surface area (Å²) in [6.45, 7) is 1.29. The molecule has 1 saturated carbocycles. The summed E-state index contributed by atoms with van der Waals surface area (Å²) in [5, 5.41) is 3.56. The van der Waals surface area contributed by atoms with Crippen molar-refractivity contribution in [3.8, 4) is 0 Å². The van der Waals surface area contributed by atoms with Gasteiger partial charge in [-0.25, -0.2) is 0 Å². The molecule has 2 fully saturated rings. The van der Waals surface area contributed by atoms with E-state index in [0.29, 0.717) is 0 Å². The molecule has 1 aliphatic heterocycles. The van der Waals surface area contributed by atoms with Gasteiger partial charge in [-0.05, 0) is 31.7 Å². The van der Waals surface area contributed by atoms with Crippen molar-refractivity contribution in [3.63, 3.8) is 0 Å². The van der Waals surface area contributed by atoms with Crippen LogP contribution in [-0.2, 0) is 0 Å². The molecule has 0 aromatic heterocycles. The predicted molar refractivity (Wildman–Crippen MR) is 48.7 cm³/mol. The van der Waals surface area contributed by atoms with Crippen molar-refractivity contribution in [3.05, 3.63) is 0 Å². The lowest BCUT2D eigenvalue weighted by Crippen LogP contribution is -2.29. The topological polar surface area (TPSA) is 12.0 Å². The highest BCUT2D eigenvalue weighted by Gasteiger charge is 2.28. The molecular formula is C8H17NS. The molecule has 0 bridgehead atoms. The lowest BCUT2D eigenvalue weighted by atomic mass is 9.86. The van der Waals surface area contributed by atoms with Crippen molar-refractivity contribution in [2.24, 2.45) is 5.92 Å². The Kier molecular flexibility index (Phi) is 3.05. The molecule has 1 N–H and O–H groups in total. The van der Waals surface area contributed by atoms with E-state index >= 15 is 0 Å². The lowest BCUT2D eigenvalue weighted by molar-refractivity contribution is 0.326. The number of nitrogens with one attached hydrogen (secondary N) is 1. The van der Waals surface area contributed by atoms with Gasteiger partial charge in [-0.15, -0.1) is 0 Å². The SMILES string of the molecule is C1CC[C@@H]2NCC[C@@H]2C1.S. The summed E-state index contributed by atoms with van der Waals surface area (Å²) in [6.07, 6.45) is 7.35. The zero-order chi connectivity index (χ0) is 6.10. The van der Waals surface area contributed by atoms with Gasteiger partial charge < -0.3 is 5.32 Å². The third kappa shape index (κ3) is 1.48. The second-order valence-corrected chi connectivity index (χ2v) is 3.39. The Morgan fingerprint density at radius 1 is 1.00 bits per heavy atom. The summed E-state index contributed by atoms with van der Waals surface area (Å²) in [5.74, 6) is 1.05. The number of rotatable bonds is 0. The van der Waals surface area contributed by atoms with Gasteiger partial charge in [-0.3, -0.25) is 0 Å². The fraction of sp³-hybridized carbons (Fsp3) is 1.00. The summed E-state index contributed by atoms with van der Waals surface area (Å²) in [6, 6.07) is 0.916. The molecule has 10 heavy (non-hydrogen) atoms. The molecule has 0 radical (unpaired) electrons. The maximum atomic E-state index is 3.56. The van der Waals surface area contributed by atoms with Crippen LogP contribution >= 0.6 is 13.5 Å². The Labute approximate surface area is 70.0 Å². The van der Waals surface area contributed by atoms with E-state index < -0.39 is 0 Å². The van der Waals surface area contributed by atoms with Crippen LogP contribution in [0.5, 0.6) is 0 Å². The van der Waals surface area contributed by atoms with Gasteiger partial charge in [0.15, 0.2) is 0 Å². The van der Waals surface area contributed by atoms with Crippen LogP contribution in [0.4, 0.5) is 0 Å². The molecular weight excluding hydrogens is 142 g/mol. The van der Waals surface area contributed by atoms with Gasteiger partial charge in [0.1, 0.15) is 0 Å². The van der Waals surface area contributed by atoms with Gasteiger partial charge in [0.05, 0.1) is 0 Å². The Morgan fingerprint density at radius 2 is 1.80 bits per heavy atom. The second-order valence-electron chi connectivity index (χ2n) is 3.39. The quantitative estimate of drug-likeness (QED) is 0.567. The summed E-state index contributed by atoms with van der Waals surface area (Å²) in [4.78, 5) is 0. The van der Waals surface area contributed by atoms with E-state index in [1.165, 1.54) is 38.6 Å². The van der Waals surface area contributed by atoms with Gasteiger partial charge in [-0.1, -0.05) is 12.8 Å². The number of hydrogen-bond donors (Lipinski definition) is 1. The highest BCUT2D eigenvalue weighted by molar-refractivity contribution is 7.59. The summed E-state index contributed by atoms with van der Waals surface area (Å²) in [7, 11) is 0. The highest BCUT2D eigenvalue weighted by Crippen LogP contribution is 2.29. The minimum absolute atomic E-state index is 0. The molecule has 1 aliphatic carbocycles. The van der Waals surface area contributed by atoms with Gasteiger partial charge in [0.2, 0.25) is 0 Å². The Bertz CT molecular complexity index is 93.4. The maximum Gasteiger partial charge on any atom is 0.00958 e. The maximum absolute atomic E-state index is 3.56. The van der Waals surface area contributed by atoms with Crippen LogP contribution in [0.3, 0.4) is 0 Å².